The van der Waals surface area contributed by atoms with Crippen LogP contribution in [-0.4, -0.2) is 58.5 Å². The number of esters is 1. The number of carbonyl (C=O) groups is 1. The molecule has 1 heterocycles. The lowest BCUT2D eigenvalue weighted by Crippen LogP contribution is -3.14. The normalized spacial score (nSPS) is 17.4. The van der Waals surface area contributed by atoms with Gasteiger partial charge in [-0.3, -0.25) is 4.79 Å². The van der Waals surface area contributed by atoms with Crippen LogP contribution in [-0.2, 0) is 19.6 Å². The van der Waals surface area contributed by atoms with Crippen LogP contribution in [0, 0.1) is 0 Å². The number of sulfonamides is 1. The monoisotopic (exact) mass is 391 g/mol. The highest BCUT2D eigenvalue weighted by atomic mass is 79.9. The summed E-state index contributed by atoms with van der Waals surface area (Å²) in [6.45, 7) is 2.98. The van der Waals surface area contributed by atoms with Crippen molar-refractivity contribution in [2.75, 3.05) is 39.8 Å². The molecule has 22 heavy (non-hydrogen) atoms. The molecule has 1 aromatic carbocycles. The van der Waals surface area contributed by atoms with E-state index in [0.29, 0.717) is 48.5 Å². The summed E-state index contributed by atoms with van der Waals surface area (Å²) in [4.78, 5) is 12.7. The molecule has 0 saturated carbocycles. The van der Waals surface area contributed by atoms with Crippen LogP contribution in [0.2, 0.25) is 0 Å². The van der Waals surface area contributed by atoms with Gasteiger partial charge in [-0.25, -0.2) is 8.42 Å². The Labute approximate surface area is 139 Å². The minimum atomic E-state index is -3.47. The Balaban J connectivity index is 1.96. The molecule has 0 unspecified atom stereocenters. The first-order valence-electron chi connectivity index (χ1n) is 7.10. The number of methoxy groups -OCH3 is 1. The van der Waals surface area contributed by atoms with Crippen LogP contribution in [0.15, 0.2) is 33.6 Å². The van der Waals surface area contributed by atoms with Crippen molar-refractivity contribution in [3.05, 3.63) is 28.7 Å². The van der Waals surface area contributed by atoms with Crippen LogP contribution in [0.4, 0.5) is 0 Å². The first-order valence-corrected chi connectivity index (χ1v) is 9.33. The van der Waals surface area contributed by atoms with Crippen molar-refractivity contribution in [1.82, 2.24) is 4.31 Å². The van der Waals surface area contributed by atoms with Crippen molar-refractivity contribution < 1.29 is 22.8 Å². The topological polar surface area (TPSA) is 68.1 Å². The van der Waals surface area contributed by atoms with E-state index in [9.17, 15) is 13.2 Å². The molecule has 1 aliphatic heterocycles. The molecule has 1 N–H and O–H groups in total. The fourth-order valence-corrected chi connectivity index (χ4v) is 4.87. The van der Waals surface area contributed by atoms with Crippen molar-refractivity contribution >= 4 is 31.9 Å². The third kappa shape index (κ3) is 4.07. The van der Waals surface area contributed by atoms with Crippen LogP contribution >= 0.6 is 15.9 Å². The molecule has 0 amide bonds. The van der Waals surface area contributed by atoms with Gasteiger partial charge in [0.25, 0.3) is 0 Å². The number of hydrogen-bond acceptors (Lipinski definition) is 4. The third-order valence-electron chi connectivity index (χ3n) is 3.79. The van der Waals surface area contributed by atoms with Crippen molar-refractivity contribution in [2.45, 2.75) is 11.3 Å². The largest absolute Gasteiger partial charge is 0.469 e. The molecule has 0 aromatic heterocycles. The van der Waals surface area contributed by atoms with E-state index in [1.807, 2.05) is 0 Å². The zero-order valence-electron chi connectivity index (χ0n) is 12.4. The number of nitrogens with zero attached hydrogens (tertiary/aromatic N) is 1. The minimum absolute atomic E-state index is 0.226. The smallest absolute Gasteiger partial charge is 0.311 e. The maximum Gasteiger partial charge on any atom is 0.311 e. The number of benzene rings is 1. The molecular formula is C14H20BrN2O4S+. The number of ether oxygens (including phenoxy) is 1. The first kappa shape index (κ1) is 17.4. The van der Waals surface area contributed by atoms with E-state index in [2.05, 4.69) is 20.7 Å². The first-order chi connectivity index (χ1) is 10.4. The zero-order chi connectivity index (χ0) is 16.2. The second-order valence-electron chi connectivity index (χ2n) is 5.16. The molecule has 0 aliphatic carbocycles. The minimum Gasteiger partial charge on any atom is -0.469 e. The molecule has 1 saturated heterocycles. The van der Waals surface area contributed by atoms with E-state index >= 15 is 0 Å². The van der Waals surface area contributed by atoms with Gasteiger partial charge < -0.3 is 9.64 Å². The molecule has 0 bridgehead atoms. The number of carbonyl (C=O) groups excluding carboxylic acids is 1. The van der Waals surface area contributed by atoms with E-state index in [4.69, 9.17) is 0 Å². The summed E-state index contributed by atoms with van der Waals surface area (Å²) in [5.74, 6) is -0.226. The lowest BCUT2D eigenvalue weighted by atomic mass is 10.3. The summed E-state index contributed by atoms with van der Waals surface area (Å²) in [7, 11) is -2.10. The zero-order valence-corrected chi connectivity index (χ0v) is 14.8. The van der Waals surface area contributed by atoms with Gasteiger partial charge in [-0.2, -0.15) is 4.31 Å². The molecule has 6 nitrogen and oxygen atoms in total. The number of quaternary nitrogens is 1. The number of hydrogen-bond donors (Lipinski definition) is 1. The summed E-state index contributed by atoms with van der Waals surface area (Å²) in [6, 6.07) is 6.84. The van der Waals surface area contributed by atoms with Gasteiger partial charge in [-0.1, -0.05) is 12.1 Å². The van der Waals surface area contributed by atoms with Crippen molar-refractivity contribution in [3.63, 3.8) is 0 Å². The van der Waals surface area contributed by atoms with Gasteiger partial charge in [0.2, 0.25) is 10.0 Å². The Bertz CT molecular complexity index is 627. The van der Waals surface area contributed by atoms with Crippen molar-refractivity contribution in [2.24, 2.45) is 0 Å². The standard InChI is InChI=1S/C14H19BrN2O4S/c1-21-14(18)6-7-16-8-10-17(11-9-16)22(19,20)13-5-3-2-4-12(13)15/h2-5H,6-11H2,1H3/p+1. The van der Waals surface area contributed by atoms with Crippen molar-refractivity contribution in [3.8, 4) is 0 Å². The Morgan fingerprint density at radius 2 is 1.95 bits per heavy atom. The van der Waals surface area contributed by atoms with Gasteiger partial charge in [0.15, 0.2) is 0 Å². The van der Waals surface area contributed by atoms with Gasteiger partial charge in [-0.05, 0) is 28.1 Å². The fourth-order valence-electron chi connectivity index (χ4n) is 2.47. The Morgan fingerprint density at radius 3 is 2.55 bits per heavy atom. The highest BCUT2D eigenvalue weighted by Crippen LogP contribution is 2.24. The van der Waals surface area contributed by atoms with Crippen LogP contribution in [0.25, 0.3) is 0 Å². The fraction of sp³-hybridized carbons (Fsp3) is 0.500. The number of rotatable bonds is 5. The van der Waals surface area contributed by atoms with Crippen LogP contribution in [0.3, 0.4) is 0 Å². The molecule has 1 aromatic rings. The van der Waals surface area contributed by atoms with Crippen LogP contribution in [0.1, 0.15) is 6.42 Å². The van der Waals surface area contributed by atoms with Crippen LogP contribution < -0.4 is 4.90 Å². The summed E-state index contributed by atoms with van der Waals surface area (Å²) in [6.07, 6.45) is 0.364. The Hall–Kier alpha value is -0.960. The molecule has 122 valence electrons. The molecule has 2 rings (SSSR count). The summed E-state index contributed by atoms with van der Waals surface area (Å²) in [5, 5.41) is 0. The molecule has 0 atom stereocenters. The van der Waals surface area contributed by atoms with Gasteiger partial charge in [0, 0.05) is 4.47 Å². The van der Waals surface area contributed by atoms with Crippen LogP contribution in [0.5, 0.6) is 0 Å². The predicted octanol–water partition coefficient (Wildman–Crippen LogP) is -0.0986. The van der Waals surface area contributed by atoms with E-state index in [1.54, 1.807) is 24.3 Å². The lowest BCUT2D eigenvalue weighted by Gasteiger charge is -2.31. The SMILES string of the molecule is COC(=O)CC[NH+]1CCN(S(=O)(=O)c2ccccc2Br)CC1. The van der Waals surface area contributed by atoms with E-state index < -0.39 is 10.0 Å². The lowest BCUT2D eigenvalue weighted by molar-refractivity contribution is -0.903. The third-order valence-corrected chi connectivity index (χ3v) is 6.71. The molecule has 1 aliphatic rings. The second kappa shape index (κ2) is 7.54. The highest BCUT2D eigenvalue weighted by Gasteiger charge is 2.31. The average Bonchev–Trinajstić information content (AvgIpc) is 2.53. The molecule has 8 heteroatoms. The summed E-state index contributed by atoms with van der Waals surface area (Å²) in [5.41, 5.74) is 0. The quantitative estimate of drug-likeness (QED) is 0.711. The van der Waals surface area contributed by atoms with Gasteiger partial charge in [0.05, 0.1) is 51.1 Å². The predicted molar refractivity (Wildman–Crippen MR) is 85.1 cm³/mol. The Morgan fingerprint density at radius 1 is 1.32 bits per heavy atom. The van der Waals surface area contributed by atoms with Gasteiger partial charge in [-0.15, -0.1) is 0 Å². The summed E-state index contributed by atoms with van der Waals surface area (Å²) < 4.78 is 32.0. The highest BCUT2D eigenvalue weighted by molar-refractivity contribution is 9.10. The Kier molecular flexibility index (Phi) is 5.96. The number of nitrogens with one attached hydrogen (secondary N) is 1. The summed E-state index contributed by atoms with van der Waals surface area (Å²) >= 11 is 3.30. The maximum atomic E-state index is 12.6. The van der Waals surface area contributed by atoms with Gasteiger partial charge >= 0.3 is 5.97 Å². The molecule has 1 fully saturated rings. The average molecular weight is 392 g/mol. The second-order valence-corrected chi connectivity index (χ2v) is 7.92. The molecule has 0 radical (unpaired) electrons. The van der Waals surface area contributed by atoms with Crippen molar-refractivity contribution in [1.29, 1.82) is 0 Å². The number of halogens is 1. The van der Waals surface area contributed by atoms with E-state index in [1.165, 1.54) is 16.3 Å². The number of piperazine rings is 1. The van der Waals surface area contributed by atoms with E-state index in [-0.39, 0.29) is 5.97 Å². The molecular weight excluding hydrogens is 372 g/mol. The van der Waals surface area contributed by atoms with Gasteiger partial charge in [0.1, 0.15) is 0 Å². The maximum absolute atomic E-state index is 12.6. The molecule has 0 spiro atoms. The van der Waals surface area contributed by atoms with E-state index in [0.717, 1.165) is 0 Å².